The number of anilines is 1. The lowest BCUT2D eigenvalue weighted by atomic mass is 10.3. The minimum atomic E-state index is -1.30. The standard InChI is InChI=1S/C9H7F2NO2/c1-5(9(13)14)12-8-3-2-6(10)4-7(8)11/h2-4,12H,1H2,(H,13,14). The molecular formula is C9H7F2NO2. The number of hydrogen-bond acceptors (Lipinski definition) is 2. The van der Waals surface area contributed by atoms with Crippen molar-refractivity contribution < 1.29 is 18.7 Å². The largest absolute Gasteiger partial charge is 0.477 e. The third-order valence-electron chi connectivity index (χ3n) is 1.47. The highest BCUT2D eigenvalue weighted by molar-refractivity contribution is 5.89. The van der Waals surface area contributed by atoms with Gasteiger partial charge in [0, 0.05) is 6.07 Å². The molecule has 0 heterocycles. The smallest absolute Gasteiger partial charge is 0.351 e. The number of carboxylic acid groups (broad SMARTS) is 1. The van der Waals surface area contributed by atoms with Gasteiger partial charge in [0.2, 0.25) is 0 Å². The van der Waals surface area contributed by atoms with E-state index in [0.717, 1.165) is 12.1 Å². The van der Waals surface area contributed by atoms with Crippen molar-refractivity contribution in [2.24, 2.45) is 0 Å². The Bertz CT molecular complexity index is 390. The maximum atomic E-state index is 12.9. The van der Waals surface area contributed by atoms with E-state index in [9.17, 15) is 13.6 Å². The molecular weight excluding hydrogens is 192 g/mol. The van der Waals surface area contributed by atoms with Crippen LogP contribution in [0.4, 0.5) is 14.5 Å². The molecule has 1 aromatic carbocycles. The van der Waals surface area contributed by atoms with Crippen LogP contribution in [-0.4, -0.2) is 11.1 Å². The van der Waals surface area contributed by atoms with Gasteiger partial charge in [-0.3, -0.25) is 0 Å². The van der Waals surface area contributed by atoms with Crippen LogP contribution in [0.25, 0.3) is 0 Å². The van der Waals surface area contributed by atoms with Gasteiger partial charge < -0.3 is 10.4 Å². The second-order valence-electron chi connectivity index (χ2n) is 2.53. The van der Waals surface area contributed by atoms with Crippen LogP contribution in [0.5, 0.6) is 0 Å². The van der Waals surface area contributed by atoms with Gasteiger partial charge >= 0.3 is 5.97 Å². The molecule has 0 aromatic heterocycles. The molecule has 0 aliphatic rings. The molecule has 14 heavy (non-hydrogen) atoms. The van der Waals surface area contributed by atoms with Crippen molar-refractivity contribution in [3.05, 3.63) is 42.1 Å². The van der Waals surface area contributed by atoms with Gasteiger partial charge in [0.05, 0.1) is 5.69 Å². The lowest BCUT2D eigenvalue weighted by Gasteiger charge is -2.06. The fourth-order valence-corrected chi connectivity index (χ4v) is 0.807. The molecule has 0 spiro atoms. The number of rotatable bonds is 3. The van der Waals surface area contributed by atoms with E-state index in [1.165, 1.54) is 0 Å². The van der Waals surface area contributed by atoms with Crippen LogP contribution >= 0.6 is 0 Å². The highest BCUT2D eigenvalue weighted by Gasteiger charge is 2.08. The third kappa shape index (κ3) is 2.29. The van der Waals surface area contributed by atoms with Crippen molar-refractivity contribution in [2.75, 3.05) is 5.32 Å². The van der Waals surface area contributed by atoms with Crippen molar-refractivity contribution >= 4 is 11.7 Å². The maximum absolute atomic E-state index is 12.9. The maximum Gasteiger partial charge on any atom is 0.351 e. The summed E-state index contributed by atoms with van der Waals surface area (Å²) in [4.78, 5) is 10.3. The molecule has 1 aromatic rings. The topological polar surface area (TPSA) is 49.3 Å². The van der Waals surface area contributed by atoms with Gasteiger partial charge in [0.25, 0.3) is 0 Å². The van der Waals surface area contributed by atoms with Crippen molar-refractivity contribution in [1.29, 1.82) is 0 Å². The zero-order valence-electron chi connectivity index (χ0n) is 7.05. The fourth-order valence-electron chi connectivity index (χ4n) is 0.807. The fraction of sp³-hybridized carbons (Fsp3) is 0. The summed E-state index contributed by atoms with van der Waals surface area (Å²) in [6.07, 6.45) is 0. The molecule has 0 aliphatic carbocycles. The highest BCUT2D eigenvalue weighted by Crippen LogP contribution is 2.16. The van der Waals surface area contributed by atoms with E-state index in [0.29, 0.717) is 6.07 Å². The van der Waals surface area contributed by atoms with E-state index in [4.69, 9.17) is 5.11 Å². The minimum Gasteiger partial charge on any atom is -0.477 e. The van der Waals surface area contributed by atoms with Crippen molar-refractivity contribution in [3.8, 4) is 0 Å². The van der Waals surface area contributed by atoms with E-state index < -0.39 is 17.6 Å². The van der Waals surface area contributed by atoms with Gasteiger partial charge in [-0.25, -0.2) is 13.6 Å². The van der Waals surface area contributed by atoms with Gasteiger partial charge in [0.1, 0.15) is 17.3 Å². The summed E-state index contributed by atoms with van der Waals surface area (Å²) in [5.41, 5.74) is -0.505. The van der Waals surface area contributed by atoms with Crippen molar-refractivity contribution in [3.63, 3.8) is 0 Å². The molecule has 0 unspecified atom stereocenters. The van der Waals surface area contributed by atoms with Gasteiger partial charge in [-0.1, -0.05) is 6.58 Å². The summed E-state index contributed by atoms with van der Waals surface area (Å²) < 4.78 is 25.4. The number of hydrogen-bond donors (Lipinski definition) is 2. The molecule has 2 N–H and O–H groups in total. The van der Waals surface area contributed by atoms with E-state index in [1.807, 2.05) is 0 Å². The summed E-state index contributed by atoms with van der Waals surface area (Å²) in [5.74, 6) is -2.89. The summed E-state index contributed by atoms with van der Waals surface area (Å²) in [6.45, 7) is 3.14. The molecule has 74 valence electrons. The van der Waals surface area contributed by atoms with Crippen LogP contribution < -0.4 is 5.32 Å². The lowest BCUT2D eigenvalue weighted by Crippen LogP contribution is -2.09. The first-order valence-electron chi connectivity index (χ1n) is 3.65. The normalized spacial score (nSPS) is 9.57. The van der Waals surface area contributed by atoms with Gasteiger partial charge in [-0.2, -0.15) is 0 Å². The molecule has 1 rings (SSSR count). The number of nitrogens with one attached hydrogen (secondary N) is 1. The molecule has 3 nitrogen and oxygen atoms in total. The second kappa shape index (κ2) is 3.87. The Hall–Kier alpha value is -1.91. The SMILES string of the molecule is C=C(Nc1ccc(F)cc1F)C(=O)O. The molecule has 0 saturated heterocycles. The van der Waals surface area contributed by atoms with Crippen LogP contribution in [0.3, 0.4) is 0 Å². The summed E-state index contributed by atoms with van der Waals surface area (Å²) in [6, 6.07) is 2.76. The molecule has 0 aliphatic heterocycles. The number of carbonyl (C=O) groups is 1. The van der Waals surface area contributed by atoms with E-state index in [2.05, 4.69) is 11.9 Å². The van der Waals surface area contributed by atoms with E-state index >= 15 is 0 Å². The predicted molar refractivity (Wildman–Crippen MR) is 46.8 cm³/mol. The van der Waals surface area contributed by atoms with Gasteiger partial charge in [0.15, 0.2) is 0 Å². The summed E-state index contributed by atoms with van der Waals surface area (Å²) >= 11 is 0. The number of benzene rings is 1. The Balaban J connectivity index is 2.87. The highest BCUT2D eigenvalue weighted by atomic mass is 19.1. The third-order valence-corrected chi connectivity index (χ3v) is 1.47. The second-order valence-corrected chi connectivity index (χ2v) is 2.53. The molecule has 5 heteroatoms. The van der Waals surface area contributed by atoms with Gasteiger partial charge in [-0.05, 0) is 12.1 Å². The Kier molecular flexibility index (Phi) is 2.81. The van der Waals surface area contributed by atoms with E-state index in [1.54, 1.807) is 0 Å². The average molecular weight is 199 g/mol. The molecule has 0 fully saturated rings. The first kappa shape index (κ1) is 10.2. The number of halogens is 2. The monoisotopic (exact) mass is 199 g/mol. The number of aliphatic carboxylic acids is 1. The summed E-state index contributed by atoms with van der Waals surface area (Å²) in [5, 5.41) is 10.6. The Morgan fingerprint density at radius 3 is 2.57 bits per heavy atom. The molecule has 0 amide bonds. The van der Waals surface area contributed by atoms with Crippen LogP contribution in [0.2, 0.25) is 0 Å². The average Bonchev–Trinajstić information content (AvgIpc) is 2.09. The molecule has 0 saturated carbocycles. The first-order valence-corrected chi connectivity index (χ1v) is 3.65. The van der Waals surface area contributed by atoms with Crippen molar-refractivity contribution in [1.82, 2.24) is 0 Å². The van der Waals surface area contributed by atoms with Gasteiger partial charge in [-0.15, -0.1) is 0 Å². The van der Waals surface area contributed by atoms with E-state index in [-0.39, 0.29) is 11.4 Å². The molecule has 0 bridgehead atoms. The molecule has 0 radical (unpaired) electrons. The Morgan fingerprint density at radius 2 is 2.07 bits per heavy atom. The minimum absolute atomic E-state index is 0.126. The predicted octanol–water partition coefficient (Wildman–Crippen LogP) is 1.97. The zero-order chi connectivity index (χ0) is 10.7. The van der Waals surface area contributed by atoms with Crippen molar-refractivity contribution in [2.45, 2.75) is 0 Å². The number of carboxylic acids is 1. The summed E-state index contributed by atoms with van der Waals surface area (Å²) in [7, 11) is 0. The molecule has 0 atom stereocenters. The van der Waals surface area contributed by atoms with Crippen LogP contribution in [-0.2, 0) is 4.79 Å². The first-order chi connectivity index (χ1) is 6.50. The Morgan fingerprint density at radius 1 is 1.43 bits per heavy atom. The van der Waals surface area contributed by atoms with Crippen LogP contribution in [0, 0.1) is 11.6 Å². The zero-order valence-corrected chi connectivity index (χ0v) is 7.05. The van der Waals surface area contributed by atoms with Crippen LogP contribution in [0.15, 0.2) is 30.5 Å². The quantitative estimate of drug-likeness (QED) is 0.731. The lowest BCUT2D eigenvalue weighted by molar-refractivity contribution is -0.132. The van der Waals surface area contributed by atoms with Crippen LogP contribution in [0.1, 0.15) is 0 Å². The Labute approximate surface area is 78.7 Å².